The Kier molecular flexibility index (Phi) is 5.26. The Morgan fingerprint density at radius 3 is 2.60 bits per heavy atom. The number of aryl methyl sites for hydroxylation is 2. The summed E-state index contributed by atoms with van der Waals surface area (Å²) in [5.74, 6) is 0. The van der Waals surface area contributed by atoms with Crippen molar-refractivity contribution in [3.8, 4) is 0 Å². The van der Waals surface area contributed by atoms with Gasteiger partial charge in [-0.2, -0.15) is 0 Å². The molecule has 3 heteroatoms. The van der Waals surface area contributed by atoms with Crippen molar-refractivity contribution in [3.05, 3.63) is 15.6 Å². The molecule has 86 valence electrons. The molecule has 0 spiro atoms. The molecule has 1 N–H and O–H groups in total. The molecule has 0 saturated heterocycles. The van der Waals surface area contributed by atoms with Crippen LogP contribution in [0.3, 0.4) is 0 Å². The number of nitrogens with one attached hydrogen (secondary N) is 1. The highest BCUT2D eigenvalue weighted by Gasteiger charge is 2.09. The van der Waals surface area contributed by atoms with Crippen molar-refractivity contribution in [2.75, 3.05) is 0 Å². The van der Waals surface area contributed by atoms with E-state index in [-0.39, 0.29) is 0 Å². The summed E-state index contributed by atoms with van der Waals surface area (Å²) in [5, 5.41) is 4.76. The van der Waals surface area contributed by atoms with E-state index in [4.69, 9.17) is 0 Å². The van der Waals surface area contributed by atoms with Crippen LogP contribution in [0.5, 0.6) is 0 Å². The van der Waals surface area contributed by atoms with Crippen LogP contribution < -0.4 is 5.32 Å². The number of rotatable bonds is 6. The number of aromatic nitrogens is 1. The lowest BCUT2D eigenvalue weighted by Crippen LogP contribution is -2.21. The second-order valence-corrected chi connectivity index (χ2v) is 5.28. The average Bonchev–Trinajstić information content (AvgIpc) is 2.58. The molecule has 0 unspecified atom stereocenters. The summed E-state index contributed by atoms with van der Waals surface area (Å²) in [6.45, 7) is 9.73. The molecule has 1 aromatic rings. The van der Waals surface area contributed by atoms with Crippen molar-refractivity contribution in [3.63, 3.8) is 0 Å². The first-order valence-electron chi connectivity index (χ1n) is 5.88. The molecule has 0 amide bonds. The standard InChI is InChI=1S/C12H22N2S/c1-5-7-12-14-10(6-2)11(15-12)8-13-9(3)4/h9,13H,5-8H2,1-4H3. The second-order valence-electron chi connectivity index (χ2n) is 4.12. The molecule has 0 bridgehead atoms. The van der Waals surface area contributed by atoms with Gasteiger partial charge < -0.3 is 5.32 Å². The molecular formula is C12H22N2S. The van der Waals surface area contributed by atoms with Gasteiger partial charge in [0.05, 0.1) is 10.7 Å². The van der Waals surface area contributed by atoms with Gasteiger partial charge in [0.15, 0.2) is 0 Å². The fourth-order valence-corrected chi connectivity index (χ4v) is 2.68. The fraction of sp³-hybridized carbons (Fsp3) is 0.750. The summed E-state index contributed by atoms with van der Waals surface area (Å²) in [4.78, 5) is 6.10. The Bertz CT molecular complexity index is 292. The number of nitrogens with zero attached hydrogens (tertiary/aromatic N) is 1. The Morgan fingerprint density at radius 1 is 1.33 bits per heavy atom. The molecule has 0 fully saturated rings. The first-order chi connectivity index (χ1) is 7.17. The molecule has 0 saturated carbocycles. The average molecular weight is 226 g/mol. The maximum Gasteiger partial charge on any atom is 0.0931 e. The van der Waals surface area contributed by atoms with Crippen LogP contribution in [0.15, 0.2) is 0 Å². The maximum absolute atomic E-state index is 4.67. The normalized spacial score (nSPS) is 11.3. The van der Waals surface area contributed by atoms with Crippen molar-refractivity contribution in [1.29, 1.82) is 0 Å². The predicted molar refractivity (Wildman–Crippen MR) is 67.5 cm³/mol. The van der Waals surface area contributed by atoms with Gasteiger partial charge >= 0.3 is 0 Å². The van der Waals surface area contributed by atoms with E-state index in [0.29, 0.717) is 6.04 Å². The van der Waals surface area contributed by atoms with Crippen molar-refractivity contribution in [2.24, 2.45) is 0 Å². The highest BCUT2D eigenvalue weighted by atomic mass is 32.1. The lowest BCUT2D eigenvalue weighted by atomic mass is 10.3. The largest absolute Gasteiger partial charge is 0.310 e. The monoisotopic (exact) mass is 226 g/mol. The zero-order chi connectivity index (χ0) is 11.3. The predicted octanol–water partition coefficient (Wildman–Crippen LogP) is 3.16. The molecule has 0 aliphatic heterocycles. The van der Waals surface area contributed by atoms with Crippen LogP contribution in [0.2, 0.25) is 0 Å². The summed E-state index contributed by atoms with van der Waals surface area (Å²) in [7, 11) is 0. The van der Waals surface area contributed by atoms with Gasteiger partial charge in [0.1, 0.15) is 0 Å². The molecule has 2 nitrogen and oxygen atoms in total. The van der Waals surface area contributed by atoms with Crippen molar-refractivity contribution in [1.82, 2.24) is 10.3 Å². The van der Waals surface area contributed by atoms with E-state index >= 15 is 0 Å². The van der Waals surface area contributed by atoms with Gasteiger partial charge in [-0.25, -0.2) is 4.98 Å². The molecular weight excluding hydrogens is 204 g/mol. The smallest absolute Gasteiger partial charge is 0.0931 e. The first-order valence-corrected chi connectivity index (χ1v) is 6.69. The Morgan fingerprint density at radius 2 is 2.07 bits per heavy atom. The van der Waals surface area contributed by atoms with Crippen LogP contribution in [0.25, 0.3) is 0 Å². The van der Waals surface area contributed by atoms with Gasteiger partial charge in [0, 0.05) is 17.5 Å². The number of thiazole rings is 1. The fourth-order valence-electron chi connectivity index (χ4n) is 1.47. The molecule has 1 aromatic heterocycles. The van der Waals surface area contributed by atoms with Crippen molar-refractivity contribution < 1.29 is 0 Å². The zero-order valence-electron chi connectivity index (χ0n) is 10.3. The van der Waals surface area contributed by atoms with E-state index in [1.54, 1.807) is 0 Å². The molecule has 0 radical (unpaired) electrons. The van der Waals surface area contributed by atoms with Gasteiger partial charge in [-0.1, -0.05) is 27.7 Å². The minimum atomic E-state index is 0.548. The minimum absolute atomic E-state index is 0.548. The van der Waals surface area contributed by atoms with Crippen LogP contribution >= 0.6 is 11.3 Å². The second kappa shape index (κ2) is 6.23. The third-order valence-corrected chi connectivity index (χ3v) is 3.45. The van der Waals surface area contributed by atoms with Gasteiger partial charge in [0.25, 0.3) is 0 Å². The first kappa shape index (κ1) is 12.7. The molecule has 0 atom stereocenters. The lowest BCUT2D eigenvalue weighted by Gasteiger charge is -2.06. The SMILES string of the molecule is CCCc1nc(CC)c(CNC(C)C)s1. The highest BCUT2D eigenvalue weighted by molar-refractivity contribution is 7.11. The van der Waals surface area contributed by atoms with Gasteiger partial charge in [-0.3, -0.25) is 0 Å². The van der Waals surface area contributed by atoms with Gasteiger partial charge in [0.2, 0.25) is 0 Å². The third-order valence-electron chi connectivity index (χ3n) is 2.29. The zero-order valence-corrected chi connectivity index (χ0v) is 11.1. The summed E-state index contributed by atoms with van der Waals surface area (Å²) < 4.78 is 0. The van der Waals surface area contributed by atoms with E-state index in [9.17, 15) is 0 Å². The van der Waals surface area contributed by atoms with Crippen LogP contribution in [0, 0.1) is 0 Å². The summed E-state index contributed by atoms with van der Waals surface area (Å²) in [6, 6.07) is 0.548. The van der Waals surface area contributed by atoms with E-state index in [2.05, 4.69) is 38.0 Å². The van der Waals surface area contributed by atoms with Gasteiger partial charge in [-0.05, 0) is 19.3 Å². The van der Waals surface area contributed by atoms with E-state index < -0.39 is 0 Å². The Labute approximate surface area is 97.1 Å². The minimum Gasteiger partial charge on any atom is -0.310 e. The molecule has 0 aliphatic rings. The van der Waals surface area contributed by atoms with Crippen LogP contribution in [-0.2, 0) is 19.4 Å². The summed E-state index contributed by atoms with van der Waals surface area (Å²) >= 11 is 1.88. The van der Waals surface area contributed by atoms with Gasteiger partial charge in [-0.15, -0.1) is 11.3 Å². The highest BCUT2D eigenvalue weighted by Crippen LogP contribution is 2.20. The number of hydrogen-bond donors (Lipinski definition) is 1. The molecule has 1 heterocycles. The molecule has 1 rings (SSSR count). The lowest BCUT2D eigenvalue weighted by molar-refractivity contribution is 0.590. The van der Waals surface area contributed by atoms with Crippen LogP contribution in [0.4, 0.5) is 0 Å². The molecule has 15 heavy (non-hydrogen) atoms. The number of hydrogen-bond acceptors (Lipinski definition) is 3. The van der Waals surface area contributed by atoms with E-state index in [1.807, 2.05) is 11.3 Å². The van der Waals surface area contributed by atoms with Crippen molar-refractivity contribution >= 4 is 11.3 Å². The van der Waals surface area contributed by atoms with E-state index in [1.165, 1.54) is 22.0 Å². The summed E-state index contributed by atoms with van der Waals surface area (Å²) in [5.41, 5.74) is 1.29. The van der Waals surface area contributed by atoms with Crippen molar-refractivity contribution in [2.45, 2.75) is 59.5 Å². The molecule has 0 aliphatic carbocycles. The summed E-state index contributed by atoms with van der Waals surface area (Å²) in [6.07, 6.45) is 3.36. The van der Waals surface area contributed by atoms with Crippen LogP contribution in [0.1, 0.15) is 49.7 Å². The third kappa shape index (κ3) is 3.92. The maximum atomic E-state index is 4.67. The van der Waals surface area contributed by atoms with Crippen LogP contribution in [-0.4, -0.2) is 11.0 Å². The topological polar surface area (TPSA) is 24.9 Å². The Balaban J connectivity index is 2.67. The molecule has 0 aromatic carbocycles. The van der Waals surface area contributed by atoms with E-state index in [0.717, 1.165) is 19.4 Å². The Hall–Kier alpha value is -0.410. The quantitative estimate of drug-likeness (QED) is 0.806.